The Morgan fingerprint density at radius 2 is 1.92 bits per heavy atom. The fourth-order valence-corrected chi connectivity index (χ4v) is 3.13. The molecule has 138 valence electrons. The Labute approximate surface area is 170 Å². The molecule has 0 fully saturated rings. The van der Waals surface area contributed by atoms with E-state index in [1.165, 1.54) is 4.88 Å². The first kappa shape index (κ1) is 21.6. The van der Waals surface area contributed by atoms with Crippen molar-refractivity contribution in [3.63, 3.8) is 0 Å². The average Bonchev–Trinajstić information content (AvgIpc) is 3.13. The molecule has 0 aliphatic carbocycles. The normalized spacial score (nSPS) is 11.6. The molecule has 0 aliphatic rings. The molecule has 0 bridgehead atoms. The van der Waals surface area contributed by atoms with Crippen LogP contribution in [0.4, 0.5) is 0 Å². The van der Waals surface area contributed by atoms with Crippen molar-refractivity contribution < 1.29 is 9.47 Å². The lowest BCUT2D eigenvalue weighted by atomic mass is 9.91. The van der Waals surface area contributed by atoms with Gasteiger partial charge in [-0.3, -0.25) is 0 Å². The topological polar surface area (TPSA) is 68.9 Å². The summed E-state index contributed by atoms with van der Waals surface area (Å²) < 4.78 is 10.5. The number of nitrogens with two attached hydrogens (primary N) is 1. The second-order valence-electron chi connectivity index (χ2n) is 6.11. The van der Waals surface area contributed by atoms with Crippen LogP contribution in [-0.4, -0.2) is 26.7 Å². The fraction of sp³-hybridized carbons (Fsp3) is 0.389. The predicted octanol–water partition coefficient (Wildman–Crippen LogP) is 3.77. The molecule has 3 N–H and O–H groups in total. The molecular weight excluding hydrogens is 449 g/mol. The smallest absolute Gasteiger partial charge is 0.188 e. The molecule has 0 saturated carbocycles. The number of methoxy groups -OCH3 is 2. The maximum absolute atomic E-state index is 6.00. The van der Waals surface area contributed by atoms with Crippen LogP contribution in [0.5, 0.6) is 11.5 Å². The third kappa shape index (κ3) is 6.07. The third-order valence-corrected chi connectivity index (χ3v) is 5.02. The molecule has 5 nitrogen and oxygen atoms in total. The summed E-state index contributed by atoms with van der Waals surface area (Å²) in [5.41, 5.74) is 7.02. The van der Waals surface area contributed by atoms with Crippen molar-refractivity contribution in [3.05, 3.63) is 46.2 Å². The highest BCUT2D eigenvalue weighted by Gasteiger charge is 2.21. The SMILES string of the molecule is COc1ccc(CN=C(N)NCC(C)(C)c2cccs2)cc1OC.I. The maximum atomic E-state index is 6.00. The molecule has 25 heavy (non-hydrogen) atoms. The summed E-state index contributed by atoms with van der Waals surface area (Å²) >= 11 is 1.75. The van der Waals surface area contributed by atoms with E-state index in [0.29, 0.717) is 24.0 Å². The second kappa shape index (κ2) is 9.86. The zero-order valence-electron chi connectivity index (χ0n) is 15.0. The minimum atomic E-state index is 0. The molecule has 2 aromatic rings. The summed E-state index contributed by atoms with van der Waals surface area (Å²) in [4.78, 5) is 5.72. The number of aliphatic imine (C=N–C) groups is 1. The van der Waals surface area contributed by atoms with Gasteiger partial charge in [0.25, 0.3) is 0 Å². The van der Waals surface area contributed by atoms with E-state index in [-0.39, 0.29) is 29.4 Å². The van der Waals surface area contributed by atoms with Gasteiger partial charge in [-0.1, -0.05) is 26.0 Å². The van der Waals surface area contributed by atoms with Crippen molar-refractivity contribution in [3.8, 4) is 11.5 Å². The molecule has 7 heteroatoms. The van der Waals surface area contributed by atoms with E-state index in [9.17, 15) is 0 Å². The Hall–Kier alpha value is -1.48. The van der Waals surface area contributed by atoms with Crippen LogP contribution >= 0.6 is 35.3 Å². The van der Waals surface area contributed by atoms with Gasteiger partial charge in [-0.2, -0.15) is 0 Å². The standard InChI is InChI=1S/C18H25N3O2S.HI/c1-18(2,16-6-5-9-24-16)12-21-17(19)20-11-13-7-8-14(22-3)15(10-13)23-4;/h5-10H,11-12H2,1-4H3,(H3,19,20,21);1H. The monoisotopic (exact) mass is 475 g/mol. The van der Waals surface area contributed by atoms with Crippen molar-refractivity contribution in [2.24, 2.45) is 10.7 Å². The van der Waals surface area contributed by atoms with E-state index < -0.39 is 0 Å². The van der Waals surface area contributed by atoms with Gasteiger partial charge >= 0.3 is 0 Å². The van der Waals surface area contributed by atoms with Gasteiger partial charge in [-0.15, -0.1) is 35.3 Å². The fourth-order valence-electron chi connectivity index (χ4n) is 2.27. The van der Waals surface area contributed by atoms with Gasteiger partial charge in [0.05, 0.1) is 20.8 Å². The van der Waals surface area contributed by atoms with Gasteiger partial charge in [0.15, 0.2) is 17.5 Å². The van der Waals surface area contributed by atoms with Gasteiger partial charge in [0, 0.05) is 16.8 Å². The number of hydrogen-bond donors (Lipinski definition) is 2. The van der Waals surface area contributed by atoms with Crippen molar-refractivity contribution in [2.45, 2.75) is 25.8 Å². The van der Waals surface area contributed by atoms with E-state index >= 15 is 0 Å². The molecule has 0 atom stereocenters. The lowest BCUT2D eigenvalue weighted by Gasteiger charge is -2.23. The number of halogens is 1. The summed E-state index contributed by atoms with van der Waals surface area (Å²) in [6.07, 6.45) is 0. The van der Waals surface area contributed by atoms with Crippen LogP contribution in [0.2, 0.25) is 0 Å². The zero-order chi connectivity index (χ0) is 17.6. The van der Waals surface area contributed by atoms with E-state index in [0.717, 1.165) is 12.1 Å². The van der Waals surface area contributed by atoms with Gasteiger partial charge in [0.1, 0.15) is 0 Å². The van der Waals surface area contributed by atoms with Crippen molar-refractivity contribution >= 4 is 41.3 Å². The summed E-state index contributed by atoms with van der Waals surface area (Å²) in [5.74, 6) is 1.83. The second-order valence-corrected chi connectivity index (χ2v) is 7.05. The van der Waals surface area contributed by atoms with E-state index in [1.54, 1.807) is 25.6 Å². The highest BCUT2D eigenvalue weighted by molar-refractivity contribution is 14.0. The van der Waals surface area contributed by atoms with Gasteiger partial charge in [-0.05, 0) is 29.1 Å². The first-order chi connectivity index (χ1) is 11.5. The summed E-state index contributed by atoms with van der Waals surface area (Å²) in [7, 11) is 3.24. The van der Waals surface area contributed by atoms with Crippen LogP contribution in [0.25, 0.3) is 0 Å². The third-order valence-electron chi connectivity index (χ3n) is 3.78. The number of ether oxygens (including phenoxy) is 2. The van der Waals surface area contributed by atoms with Crippen LogP contribution in [0.15, 0.2) is 40.7 Å². The molecule has 1 aromatic heterocycles. The van der Waals surface area contributed by atoms with Crippen molar-refractivity contribution in [1.29, 1.82) is 0 Å². The minimum Gasteiger partial charge on any atom is -0.493 e. The molecule has 0 spiro atoms. The quantitative estimate of drug-likeness (QED) is 0.364. The number of nitrogens with one attached hydrogen (secondary N) is 1. The first-order valence-electron chi connectivity index (χ1n) is 7.75. The molecule has 1 aromatic carbocycles. The number of guanidine groups is 1. The Kier molecular flexibility index (Phi) is 8.51. The molecule has 0 aliphatic heterocycles. The summed E-state index contributed by atoms with van der Waals surface area (Å²) in [5, 5.41) is 5.30. The van der Waals surface area contributed by atoms with Gasteiger partial charge in [-0.25, -0.2) is 4.99 Å². The highest BCUT2D eigenvalue weighted by atomic mass is 127. The summed E-state index contributed by atoms with van der Waals surface area (Å²) in [6, 6.07) is 9.94. The Bertz CT molecular complexity index is 688. The lowest BCUT2D eigenvalue weighted by molar-refractivity contribution is 0.354. The Morgan fingerprint density at radius 3 is 2.52 bits per heavy atom. The molecule has 0 radical (unpaired) electrons. The molecule has 0 saturated heterocycles. The van der Waals surface area contributed by atoms with E-state index in [4.69, 9.17) is 15.2 Å². The lowest BCUT2D eigenvalue weighted by Crippen LogP contribution is -2.40. The molecule has 0 unspecified atom stereocenters. The molecule has 2 rings (SSSR count). The number of rotatable bonds is 7. The highest BCUT2D eigenvalue weighted by Crippen LogP contribution is 2.28. The molecule has 1 heterocycles. The zero-order valence-corrected chi connectivity index (χ0v) is 18.2. The van der Waals surface area contributed by atoms with Crippen LogP contribution in [-0.2, 0) is 12.0 Å². The molecular formula is C18H26IN3O2S. The van der Waals surface area contributed by atoms with E-state index in [2.05, 4.69) is 41.7 Å². The summed E-state index contributed by atoms with van der Waals surface area (Å²) in [6.45, 7) is 5.59. The largest absolute Gasteiger partial charge is 0.493 e. The number of hydrogen-bond acceptors (Lipinski definition) is 4. The van der Waals surface area contributed by atoms with Crippen LogP contribution < -0.4 is 20.5 Å². The number of nitrogens with zero attached hydrogens (tertiary/aromatic N) is 1. The predicted molar refractivity (Wildman–Crippen MR) is 116 cm³/mol. The maximum Gasteiger partial charge on any atom is 0.188 e. The minimum absolute atomic E-state index is 0. The van der Waals surface area contributed by atoms with Crippen LogP contribution in [0, 0.1) is 0 Å². The van der Waals surface area contributed by atoms with E-state index in [1.807, 2.05) is 18.2 Å². The van der Waals surface area contributed by atoms with Crippen LogP contribution in [0.1, 0.15) is 24.3 Å². The van der Waals surface area contributed by atoms with Gasteiger partial charge < -0.3 is 20.5 Å². The number of benzene rings is 1. The van der Waals surface area contributed by atoms with Gasteiger partial charge in [0.2, 0.25) is 0 Å². The Morgan fingerprint density at radius 1 is 1.20 bits per heavy atom. The van der Waals surface area contributed by atoms with Crippen LogP contribution in [0.3, 0.4) is 0 Å². The molecule has 0 amide bonds. The van der Waals surface area contributed by atoms with Crippen molar-refractivity contribution in [2.75, 3.05) is 20.8 Å². The number of thiophene rings is 1. The van der Waals surface area contributed by atoms with Crippen molar-refractivity contribution in [1.82, 2.24) is 5.32 Å². The Balaban J connectivity index is 0.00000312. The first-order valence-corrected chi connectivity index (χ1v) is 8.63. The average molecular weight is 475 g/mol.